The molecule has 1 aliphatic carbocycles. The van der Waals surface area contributed by atoms with Crippen LogP contribution in [-0.4, -0.2) is 9.97 Å². The lowest BCUT2D eigenvalue weighted by Crippen LogP contribution is -2.01. The van der Waals surface area contributed by atoms with E-state index >= 15 is 0 Å². The predicted octanol–water partition coefficient (Wildman–Crippen LogP) is 3.53. The first-order valence-electron chi connectivity index (χ1n) is 6.77. The Hall–Kier alpha value is -1.90. The smallest absolute Gasteiger partial charge is 0.162 e. The van der Waals surface area contributed by atoms with Crippen molar-refractivity contribution >= 4 is 5.82 Å². The van der Waals surface area contributed by atoms with Crippen LogP contribution < -0.4 is 5.73 Å². The summed E-state index contributed by atoms with van der Waals surface area (Å²) in [7, 11) is 0. The van der Waals surface area contributed by atoms with Crippen molar-refractivity contribution in [3.8, 4) is 11.4 Å². The van der Waals surface area contributed by atoms with Gasteiger partial charge in [-0.3, -0.25) is 0 Å². The Bertz CT molecular complexity index is 643. The van der Waals surface area contributed by atoms with Crippen LogP contribution in [0.15, 0.2) is 18.2 Å². The molecule has 0 saturated heterocycles. The van der Waals surface area contributed by atoms with Gasteiger partial charge in [0.25, 0.3) is 0 Å². The lowest BCUT2D eigenvalue weighted by atomic mass is 10.0. The highest BCUT2D eigenvalue weighted by Gasteiger charge is 2.26. The zero-order chi connectivity index (χ0) is 13.6. The van der Waals surface area contributed by atoms with Crippen LogP contribution in [0.2, 0.25) is 0 Å². The molecule has 0 spiro atoms. The molecule has 2 aromatic rings. The fraction of sp³-hybridized carbons (Fsp3) is 0.375. The van der Waals surface area contributed by atoms with Gasteiger partial charge in [0.2, 0.25) is 0 Å². The fourth-order valence-electron chi connectivity index (χ4n) is 2.40. The SMILES string of the molecule is Cc1cc(C)c(-c2nc(N)cc(C3CC3)n2)cc1C. The highest BCUT2D eigenvalue weighted by molar-refractivity contribution is 5.63. The highest BCUT2D eigenvalue weighted by atomic mass is 15.0. The van der Waals surface area contributed by atoms with E-state index in [2.05, 4.69) is 37.9 Å². The summed E-state index contributed by atoms with van der Waals surface area (Å²) in [5, 5.41) is 0. The van der Waals surface area contributed by atoms with Gasteiger partial charge in [-0.1, -0.05) is 6.07 Å². The number of nitrogens with zero attached hydrogens (tertiary/aromatic N) is 2. The largest absolute Gasteiger partial charge is 0.384 e. The predicted molar refractivity (Wildman–Crippen MR) is 78.1 cm³/mol. The average Bonchev–Trinajstić information content (AvgIpc) is 3.17. The van der Waals surface area contributed by atoms with E-state index in [9.17, 15) is 0 Å². The number of aryl methyl sites for hydroxylation is 3. The summed E-state index contributed by atoms with van der Waals surface area (Å²) in [6.45, 7) is 6.35. The molecule has 1 aromatic heterocycles. The second-order valence-corrected chi connectivity index (χ2v) is 5.57. The molecule has 1 fully saturated rings. The lowest BCUT2D eigenvalue weighted by molar-refractivity contribution is 0.996. The second kappa shape index (κ2) is 4.34. The molecule has 3 nitrogen and oxygen atoms in total. The number of aromatic nitrogens is 2. The van der Waals surface area contributed by atoms with Gasteiger partial charge in [-0.2, -0.15) is 0 Å². The Morgan fingerprint density at radius 3 is 2.32 bits per heavy atom. The molecule has 98 valence electrons. The molecule has 0 aliphatic heterocycles. The summed E-state index contributed by atoms with van der Waals surface area (Å²) in [6.07, 6.45) is 2.45. The molecular weight excluding hydrogens is 234 g/mol. The van der Waals surface area contributed by atoms with Gasteiger partial charge in [-0.15, -0.1) is 0 Å². The molecule has 0 bridgehead atoms. The van der Waals surface area contributed by atoms with E-state index in [1.165, 1.54) is 29.5 Å². The first kappa shape index (κ1) is 12.2. The molecule has 3 heteroatoms. The highest BCUT2D eigenvalue weighted by Crippen LogP contribution is 2.40. The molecule has 1 heterocycles. The maximum Gasteiger partial charge on any atom is 0.162 e. The monoisotopic (exact) mass is 253 g/mol. The van der Waals surface area contributed by atoms with Crippen molar-refractivity contribution in [2.24, 2.45) is 0 Å². The van der Waals surface area contributed by atoms with Crippen molar-refractivity contribution in [3.63, 3.8) is 0 Å². The van der Waals surface area contributed by atoms with Crippen LogP contribution in [0.25, 0.3) is 11.4 Å². The van der Waals surface area contributed by atoms with Gasteiger partial charge >= 0.3 is 0 Å². The number of anilines is 1. The molecule has 0 radical (unpaired) electrons. The Labute approximate surface area is 113 Å². The summed E-state index contributed by atoms with van der Waals surface area (Å²) >= 11 is 0. The number of nitrogens with two attached hydrogens (primary N) is 1. The Morgan fingerprint density at radius 1 is 0.947 bits per heavy atom. The molecule has 1 aliphatic rings. The minimum absolute atomic E-state index is 0.574. The van der Waals surface area contributed by atoms with Gasteiger partial charge in [-0.25, -0.2) is 9.97 Å². The maximum atomic E-state index is 5.93. The van der Waals surface area contributed by atoms with Crippen LogP contribution in [0, 0.1) is 20.8 Å². The van der Waals surface area contributed by atoms with Gasteiger partial charge < -0.3 is 5.73 Å². The third kappa shape index (κ3) is 2.33. The molecule has 3 rings (SSSR count). The van der Waals surface area contributed by atoms with Crippen molar-refractivity contribution in [2.75, 3.05) is 5.73 Å². The first-order valence-corrected chi connectivity index (χ1v) is 6.77. The summed E-state index contributed by atoms with van der Waals surface area (Å²) < 4.78 is 0. The van der Waals surface area contributed by atoms with Crippen molar-refractivity contribution in [3.05, 3.63) is 40.6 Å². The minimum Gasteiger partial charge on any atom is -0.384 e. The number of hydrogen-bond acceptors (Lipinski definition) is 3. The number of nitrogen functional groups attached to an aromatic ring is 1. The van der Waals surface area contributed by atoms with Gasteiger partial charge in [0, 0.05) is 23.2 Å². The van der Waals surface area contributed by atoms with Gasteiger partial charge in [-0.05, 0) is 56.4 Å². The normalized spacial score (nSPS) is 14.7. The van der Waals surface area contributed by atoms with Crippen molar-refractivity contribution < 1.29 is 0 Å². The molecule has 2 N–H and O–H groups in total. The average molecular weight is 253 g/mol. The second-order valence-electron chi connectivity index (χ2n) is 5.57. The molecule has 0 amide bonds. The van der Waals surface area contributed by atoms with E-state index < -0.39 is 0 Å². The summed E-state index contributed by atoms with van der Waals surface area (Å²) in [5.41, 5.74) is 11.9. The zero-order valence-electron chi connectivity index (χ0n) is 11.7. The van der Waals surface area contributed by atoms with E-state index in [1.54, 1.807) is 0 Å². The standard InChI is InChI=1S/C16H19N3/c1-9-6-11(3)13(7-10(9)2)16-18-14(12-4-5-12)8-15(17)19-16/h6-8,12H,4-5H2,1-3H3,(H2,17,18,19). The zero-order valence-corrected chi connectivity index (χ0v) is 11.7. The summed E-state index contributed by atoms with van der Waals surface area (Å²) in [5.74, 6) is 1.93. The van der Waals surface area contributed by atoms with Crippen LogP contribution in [0.3, 0.4) is 0 Å². The van der Waals surface area contributed by atoms with Crippen molar-refractivity contribution in [2.45, 2.75) is 39.5 Å². The van der Waals surface area contributed by atoms with E-state index in [-0.39, 0.29) is 0 Å². The summed E-state index contributed by atoms with van der Waals surface area (Å²) in [6, 6.07) is 6.27. The number of benzene rings is 1. The summed E-state index contributed by atoms with van der Waals surface area (Å²) in [4.78, 5) is 9.12. The van der Waals surface area contributed by atoms with E-state index in [0.29, 0.717) is 11.7 Å². The molecule has 1 saturated carbocycles. The van der Waals surface area contributed by atoms with Gasteiger partial charge in [0.05, 0.1) is 0 Å². The first-order chi connectivity index (χ1) is 9.04. The van der Waals surface area contributed by atoms with E-state index in [0.717, 1.165) is 17.1 Å². The number of rotatable bonds is 2. The number of hydrogen-bond donors (Lipinski definition) is 1. The molecule has 19 heavy (non-hydrogen) atoms. The van der Waals surface area contributed by atoms with Crippen LogP contribution in [0.5, 0.6) is 0 Å². The topological polar surface area (TPSA) is 51.8 Å². The Morgan fingerprint density at radius 2 is 1.63 bits per heavy atom. The van der Waals surface area contributed by atoms with Crippen LogP contribution in [0.4, 0.5) is 5.82 Å². The van der Waals surface area contributed by atoms with Gasteiger partial charge in [0.15, 0.2) is 5.82 Å². The minimum atomic E-state index is 0.574. The lowest BCUT2D eigenvalue weighted by Gasteiger charge is -2.10. The van der Waals surface area contributed by atoms with Crippen molar-refractivity contribution in [1.29, 1.82) is 0 Å². The van der Waals surface area contributed by atoms with E-state index in [1.807, 2.05) is 6.07 Å². The maximum absolute atomic E-state index is 5.93. The Kier molecular flexibility index (Phi) is 2.77. The Balaban J connectivity index is 2.13. The van der Waals surface area contributed by atoms with Crippen LogP contribution in [0.1, 0.15) is 41.1 Å². The molecule has 0 atom stereocenters. The molecular formula is C16H19N3. The quantitative estimate of drug-likeness (QED) is 0.890. The van der Waals surface area contributed by atoms with Crippen LogP contribution in [-0.2, 0) is 0 Å². The fourth-order valence-corrected chi connectivity index (χ4v) is 2.40. The molecule has 1 aromatic carbocycles. The van der Waals surface area contributed by atoms with Crippen molar-refractivity contribution in [1.82, 2.24) is 9.97 Å². The molecule has 0 unspecified atom stereocenters. The van der Waals surface area contributed by atoms with E-state index in [4.69, 9.17) is 10.7 Å². The van der Waals surface area contributed by atoms with Crippen LogP contribution >= 0.6 is 0 Å². The third-order valence-electron chi connectivity index (χ3n) is 3.84. The third-order valence-corrected chi connectivity index (χ3v) is 3.84. The van der Waals surface area contributed by atoms with Gasteiger partial charge in [0.1, 0.15) is 5.82 Å².